The Hall–Kier alpha value is -1.92. The fourth-order valence-electron chi connectivity index (χ4n) is 9.07. The molecular formula is C58H108N2O4. The predicted molar refractivity (Wildman–Crippen MR) is 278 cm³/mol. The number of hydrogen-bond acceptors (Lipinski definition) is 6. The van der Waals surface area contributed by atoms with Crippen LogP contribution in [0.4, 0.5) is 0 Å². The topological polar surface area (TPSA) is 59.1 Å². The van der Waals surface area contributed by atoms with E-state index in [1.807, 2.05) is 0 Å². The molecule has 1 aromatic rings. The smallest absolute Gasteiger partial charge is 0.338 e. The summed E-state index contributed by atoms with van der Waals surface area (Å²) in [6.45, 7) is 16.5. The molecule has 6 nitrogen and oxygen atoms in total. The molecular weight excluding hydrogens is 789 g/mol. The predicted octanol–water partition coefficient (Wildman–Crippen LogP) is 17.5. The van der Waals surface area contributed by atoms with Crippen LogP contribution in [0.15, 0.2) is 24.3 Å². The number of rotatable bonds is 50. The fourth-order valence-corrected chi connectivity index (χ4v) is 9.07. The number of esters is 2. The molecule has 1 aromatic carbocycles. The first kappa shape index (κ1) is 60.1. The van der Waals surface area contributed by atoms with E-state index in [9.17, 15) is 9.59 Å². The second kappa shape index (κ2) is 47.6. The quantitative estimate of drug-likeness (QED) is 0.0480. The van der Waals surface area contributed by atoms with Gasteiger partial charge in [0.25, 0.3) is 0 Å². The molecule has 0 spiro atoms. The van der Waals surface area contributed by atoms with Crippen molar-refractivity contribution in [1.29, 1.82) is 0 Å². The number of carbonyl (C=O) groups is 2. The Morgan fingerprint density at radius 3 is 0.703 bits per heavy atom. The van der Waals surface area contributed by atoms with E-state index in [2.05, 4.69) is 37.5 Å². The molecule has 0 fully saturated rings. The normalized spacial score (nSPS) is 11.6. The SMILES string of the molecule is CCCCCCCCCCCN(CCCCCCCCCCC)CCCOC(=O)c1ccc(C(=O)OCCCN(CCCCCCCCCCC)CCCCCCCCCCC)cc1. The third kappa shape index (κ3) is 38.2. The Morgan fingerprint density at radius 2 is 0.484 bits per heavy atom. The highest BCUT2D eigenvalue weighted by Crippen LogP contribution is 2.16. The lowest BCUT2D eigenvalue weighted by atomic mass is 10.1. The van der Waals surface area contributed by atoms with Gasteiger partial charge >= 0.3 is 11.9 Å². The highest BCUT2D eigenvalue weighted by Gasteiger charge is 2.13. The molecule has 0 aromatic heterocycles. The molecule has 0 heterocycles. The monoisotopic (exact) mass is 897 g/mol. The molecule has 0 aliphatic carbocycles. The first-order valence-corrected chi connectivity index (χ1v) is 28.4. The molecule has 0 amide bonds. The van der Waals surface area contributed by atoms with Gasteiger partial charge in [-0.15, -0.1) is 0 Å². The lowest BCUT2D eigenvalue weighted by Crippen LogP contribution is -2.28. The molecule has 0 aliphatic rings. The summed E-state index contributed by atoms with van der Waals surface area (Å²) in [5, 5.41) is 0. The number of ether oxygens (including phenoxy) is 2. The second-order valence-corrected chi connectivity index (χ2v) is 19.6. The molecule has 64 heavy (non-hydrogen) atoms. The van der Waals surface area contributed by atoms with E-state index in [0.717, 1.165) is 52.1 Å². The summed E-state index contributed by atoms with van der Waals surface area (Å²) in [6.07, 6.45) is 50.4. The van der Waals surface area contributed by atoms with Crippen LogP contribution in [0.5, 0.6) is 0 Å². The fraction of sp³-hybridized carbons (Fsp3) is 0.862. The van der Waals surface area contributed by atoms with Gasteiger partial charge in [0, 0.05) is 13.1 Å². The number of benzene rings is 1. The van der Waals surface area contributed by atoms with E-state index < -0.39 is 0 Å². The van der Waals surface area contributed by atoms with Gasteiger partial charge in [0.1, 0.15) is 0 Å². The third-order valence-electron chi connectivity index (χ3n) is 13.4. The second-order valence-electron chi connectivity index (χ2n) is 19.6. The van der Waals surface area contributed by atoms with Crippen molar-refractivity contribution in [2.45, 2.75) is 272 Å². The Bertz CT molecular complexity index is 995. The van der Waals surface area contributed by atoms with E-state index in [1.54, 1.807) is 24.3 Å². The van der Waals surface area contributed by atoms with Crippen LogP contribution in [0.3, 0.4) is 0 Å². The lowest BCUT2D eigenvalue weighted by Gasteiger charge is -2.22. The van der Waals surface area contributed by atoms with Crippen molar-refractivity contribution in [1.82, 2.24) is 9.80 Å². The van der Waals surface area contributed by atoms with Crippen LogP contribution in [0.25, 0.3) is 0 Å². The Labute approximate surface area is 398 Å². The van der Waals surface area contributed by atoms with Crippen LogP contribution in [-0.4, -0.2) is 74.2 Å². The van der Waals surface area contributed by atoms with Crippen LogP contribution in [-0.2, 0) is 9.47 Å². The number of carbonyl (C=O) groups excluding carboxylic acids is 2. The molecule has 0 saturated carbocycles. The zero-order valence-electron chi connectivity index (χ0n) is 43.4. The van der Waals surface area contributed by atoms with Crippen molar-refractivity contribution in [2.24, 2.45) is 0 Å². The van der Waals surface area contributed by atoms with Crippen LogP contribution >= 0.6 is 0 Å². The van der Waals surface area contributed by atoms with Gasteiger partial charge in [-0.25, -0.2) is 9.59 Å². The van der Waals surface area contributed by atoms with Gasteiger partial charge in [-0.2, -0.15) is 0 Å². The summed E-state index contributed by atoms with van der Waals surface area (Å²) in [6, 6.07) is 6.82. The summed E-state index contributed by atoms with van der Waals surface area (Å²) in [4.78, 5) is 31.1. The summed E-state index contributed by atoms with van der Waals surface area (Å²) in [7, 11) is 0. The zero-order chi connectivity index (χ0) is 46.2. The van der Waals surface area contributed by atoms with Gasteiger partial charge in [0.15, 0.2) is 0 Å². The zero-order valence-corrected chi connectivity index (χ0v) is 43.4. The molecule has 0 radical (unpaired) electrons. The molecule has 0 atom stereocenters. The lowest BCUT2D eigenvalue weighted by molar-refractivity contribution is 0.0473. The average molecular weight is 898 g/mol. The molecule has 1 rings (SSSR count). The van der Waals surface area contributed by atoms with Crippen LogP contribution in [0.1, 0.15) is 292 Å². The average Bonchev–Trinajstić information content (AvgIpc) is 3.31. The van der Waals surface area contributed by atoms with Gasteiger partial charge < -0.3 is 19.3 Å². The minimum Gasteiger partial charge on any atom is -0.462 e. The first-order chi connectivity index (χ1) is 31.5. The highest BCUT2D eigenvalue weighted by atomic mass is 16.5. The minimum absolute atomic E-state index is 0.316. The molecule has 6 heteroatoms. The van der Waals surface area contributed by atoms with Crippen molar-refractivity contribution in [3.63, 3.8) is 0 Å². The Balaban J connectivity index is 2.45. The first-order valence-electron chi connectivity index (χ1n) is 28.4. The largest absolute Gasteiger partial charge is 0.462 e. The number of hydrogen-bond donors (Lipinski definition) is 0. The van der Waals surface area contributed by atoms with Gasteiger partial charge in [-0.1, -0.05) is 233 Å². The van der Waals surface area contributed by atoms with E-state index in [1.165, 1.54) is 231 Å². The molecule has 0 bridgehead atoms. The van der Waals surface area contributed by atoms with Gasteiger partial charge in [0.2, 0.25) is 0 Å². The van der Waals surface area contributed by atoms with Gasteiger partial charge in [-0.05, 0) is 89.0 Å². The summed E-state index contributed by atoms with van der Waals surface area (Å²) in [5.41, 5.74) is 0.975. The summed E-state index contributed by atoms with van der Waals surface area (Å²) >= 11 is 0. The summed E-state index contributed by atoms with van der Waals surface area (Å²) < 4.78 is 11.4. The molecule has 374 valence electrons. The number of nitrogens with zero attached hydrogens (tertiary/aromatic N) is 2. The molecule has 0 unspecified atom stereocenters. The van der Waals surface area contributed by atoms with E-state index in [0.29, 0.717) is 24.3 Å². The van der Waals surface area contributed by atoms with Crippen LogP contribution in [0, 0.1) is 0 Å². The van der Waals surface area contributed by atoms with Crippen molar-refractivity contribution in [3.05, 3.63) is 35.4 Å². The van der Waals surface area contributed by atoms with Crippen LogP contribution < -0.4 is 0 Å². The number of unbranched alkanes of at least 4 members (excludes halogenated alkanes) is 32. The van der Waals surface area contributed by atoms with Gasteiger partial charge in [-0.3, -0.25) is 0 Å². The molecule has 0 aliphatic heterocycles. The van der Waals surface area contributed by atoms with Crippen molar-refractivity contribution < 1.29 is 19.1 Å². The van der Waals surface area contributed by atoms with Crippen molar-refractivity contribution in [3.8, 4) is 0 Å². The molecule has 0 N–H and O–H groups in total. The van der Waals surface area contributed by atoms with Crippen molar-refractivity contribution in [2.75, 3.05) is 52.5 Å². The van der Waals surface area contributed by atoms with Crippen LogP contribution in [0.2, 0.25) is 0 Å². The van der Waals surface area contributed by atoms with E-state index in [-0.39, 0.29) is 11.9 Å². The maximum absolute atomic E-state index is 12.9. The molecule has 0 saturated heterocycles. The van der Waals surface area contributed by atoms with E-state index >= 15 is 0 Å². The Kier molecular flexibility index (Phi) is 44.7. The Morgan fingerprint density at radius 1 is 0.297 bits per heavy atom. The van der Waals surface area contributed by atoms with Crippen molar-refractivity contribution >= 4 is 11.9 Å². The standard InChI is InChI=1S/C58H108N2O4/c1-5-9-13-17-21-25-29-33-37-47-59(48-38-34-30-26-22-18-14-10-6-2)51-41-53-63-57(61)55-43-45-56(46-44-55)58(62)64-54-42-52-60(49-39-35-31-27-23-19-15-11-7-3)50-40-36-32-28-24-20-16-12-8-4/h43-46H,5-42,47-54H2,1-4H3. The minimum atomic E-state index is -0.316. The van der Waals surface area contributed by atoms with Gasteiger partial charge in [0.05, 0.1) is 24.3 Å². The summed E-state index contributed by atoms with van der Waals surface area (Å²) in [5.74, 6) is -0.633. The third-order valence-corrected chi connectivity index (χ3v) is 13.4. The van der Waals surface area contributed by atoms with E-state index in [4.69, 9.17) is 9.47 Å². The maximum Gasteiger partial charge on any atom is 0.338 e. The highest BCUT2D eigenvalue weighted by molar-refractivity contribution is 5.93. The maximum atomic E-state index is 12.9.